The van der Waals surface area contributed by atoms with E-state index in [1.54, 1.807) is 0 Å². The molecule has 78 valence electrons. The molecule has 0 amide bonds. The molecule has 0 radical (unpaired) electrons. The van der Waals surface area contributed by atoms with Crippen molar-refractivity contribution in [2.75, 3.05) is 0 Å². The van der Waals surface area contributed by atoms with Crippen LogP contribution in [0.1, 0.15) is 41.5 Å². The Labute approximate surface area is 82.0 Å². The summed E-state index contributed by atoms with van der Waals surface area (Å²) in [5.74, 6) is 0.461. The van der Waals surface area contributed by atoms with Crippen LogP contribution in [0.3, 0.4) is 0 Å². The maximum atomic E-state index is 10.5. The molecule has 0 heterocycles. The monoisotopic (exact) mass is 186 g/mol. The van der Waals surface area contributed by atoms with Crippen molar-refractivity contribution in [2.24, 2.45) is 5.92 Å². The molecule has 2 heteroatoms. The highest BCUT2D eigenvalue weighted by atomic mass is 16.6. The fraction of sp³-hybridized carbons (Fsp3) is 0.727. The predicted octanol–water partition coefficient (Wildman–Crippen LogP) is 3.18. The highest BCUT2D eigenvalue weighted by molar-refractivity contribution is 5.81. The summed E-state index contributed by atoms with van der Waals surface area (Å²) < 4.78 is 4.83. The van der Waals surface area contributed by atoms with Crippen molar-refractivity contribution in [1.29, 1.82) is 0 Å². The smallest absolute Gasteiger partial charge is 0.330 e. The highest BCUT2D eigenvalue weighted by Gasteiger charge is 2.12. The van der Waals surface area contributed by atoms with Crippen molar-refractivity contribution in [2.45, 2.75) is 47.1 Å². The number of rotatable bonds is 1. The van der Waals surface area contributed by atoms with Gasteiger partial charge in [-0.3, -0.25) is 0 Å². The fourth-order valence-electron chi connectivity index (χ4n) is 0.343. The van der Waals surface area contributed by atoms with Crippen LogP contribution in [-0.2, 0) is 9.53 Å². The first kappa shape index (κ1) is 14.7. The van der Waals surface area contributed by atoms with E-state index in [0.717, 1.165) is 12.0 Å². The average molecular weight is 186 g/mol. The Morgan fingerprint density at radius 2 is 1.62 bits per heavy atom. The van der Waals surface area contributed by atoms with Crippen LogP contribution in [0, 0.1) is 5.92 Å². The topological polar surface area (TPSA) is 26.3 Å². The van der Waals surface area contributed by atoms with Crippen LogP contribution in [0.2, 0.25) is 0 Å². The second-order valence-electron chi connectivity index (χ2n) is 4.47. The molecular weight excluding hydrogens is 164 g/mol. The lowest BCUT2D eigenvalue weighted by Gasteiger charge is -2.17. The first-order valence-corrected chi connectivity index (χ1v) is 4.54. The third-order valence-corrected chi connectivity index (χ3v) is 0.573. The van der Waals surface area contributed by atoms with E-state index in [1.165, 1.54) is 0 Å². The Morgan fingerprint density at radius 3 is 1.69 bits per heavy atom. The molecule has 0 rings (SSSR count). The van der Waals surface area contributed by atoms with Crippen molar-refractivity contribution in [3.8, 4) is 0 Å². The molecule has 0 N–H and O–H groups in total. The van der Waals surface area contributed by atoms with Gasteiger partial charge in [-0.2, -0.15) is 0 Å². The van der Waals surface area contributed by atoms with E-state index in [-0.39, 0.29) is 5.97 Å². The molecule has 0 aromatic heterocycles. The molecule has 0 bridgehead atoms. The highest BCUT2D eigenvalue weighted by Crippen LogP contribution is 2.06. The van der Waals surface area contributed by atoms with Gasteiger partial charge in [0, 0.05) is 6.08 Å². The van der Waals surface area contributed by atoms with Crippen LogP contribution in [0.25, 0.3) is 0 Å². The van der Waals surface area contributed by atoms with Gasteiger partial charge in [0.15, 0.2) is 0 Å². The summed E-state index contributed by atoms with van der Waals surface area (Å²) in [5, 5.41) is 0. The van der Waals surface area contributed by atoms with Gasteiger partial charge in [-0.1, -0.05) is 27.4 Å². The van der Waals surface area contributed by atoms with Gasteiger partial charge in [0.05, 0.1) is 0 Å². The maximum absolute atomic E-state index is 10.5. The van der Waals surface area contributed by atoms with E-state index in [9.17, 15) is 4.79 Å². The van der Waals surface area contributed by atoms with Gasteiger partial charge in [0.25, 0.3) is 0 Å². The minimum atomic E-state index is -0.398. The van der Waals surface area contributed by atoms with Crippen LogP contribution in [0.5, 0.6) is 0 Å². The molecule has 0 aliphatic rings. The number of hydrogen-bond acceptors (Lipinski definition) is 2. The minimum Gasteiger partial charge on any atom is -0.457 e. The summed E-state index contributed by atoms with van der Waals surface area (Å²) >= 11 is 0. The number of hydrogen-bond donors (Lipinski definition) is 0. The molecule has 0 aliphatic carbocycles. The van der Waals surface area contributed by atoms with Crippen molar-refractivity contribution >= 4 is 5.97 Å². The predicted molar refractivity (Wildman–Crippen MR) is 56.6 cm³/mol. The Hall–Kier alpha value is -0.790. The number of carbonyl (C=O) groups excluding carboxylic acids is 1. The summed E-state index contributed by atoms with van der Waals surface area (Å²) in [5.41, 5.74) is -0.398. The fourth-order valence-corrected chi connectivity index (χ4v) is 0.343. The van der Waals surface area contributed by atoms with Crippen molar-refractivity contribution in [3.05, 3.63) is 12.7 Å². The van der Waals surface area contributed by atoms with Crippen molar-refractivity contribution in [3.63, 3.8) is 0 Å². The van der Waals surface area contributed by atoms with Crippen molar-refractivity contribution in [1.82, 2.24) is 0 Å². The molecule has 2 nitrogen and oxygen atoms in total. The van der Waals surface area contributed by atoms with Gasteiger partial charge in [-0.15, -0.1) is 0 Å². The van der Waals surface area contributed by atoms with Gasteiger partial charge in [0.2, 0.25) is 0 Å². The van der Waals surface area contributed by atoms with Gasteiger partial charge in [-0.05, 0) is 26.7 Å². The molecule has 0 spiro atoms. The second-order valence-corrected chi connectivity index (χ2v) is 4.47. The van der Waals surface area contributed by atoms with E-state index in [4.69, 9.17) is 4.74 Å². The molecule has 0 atom stereocenters. The van der Waals surface area contributed by atoms with Crippen molar-refractivity contribution < 1.29 is 9.53 Å². The molecule has 0 aliphatic heterocycles. The zero-order valence-corrected chi connectivity index (χ0v) is 9.68. The summed E-state index contributed by atoms with van der Waals surface area (Å²) in [6, 6.07) is 0. The van der Waals surface area contributed by atoms with Crippen LogP contribution in [-0.4, -0.2) is 11.6 Å². The molecule has 0 saturated heterocycles. The Bertz CT molecular complexity index is 149. The summed E-state index contributed by atoms with van der Waals surface area (Å²) in [6.07, 6.45) is 1.16. The normalized spacial score (nSPS) is 10.1. The Balaban J connectivity index is 0. The third kappa shape index (κ3) is 24.7. The van der Waals surface area contributed by atoms with E-state index in [0.29, 0.717) is 0 Å². The molecule has 13 heavy (non-hydrogen) atoms. The molecule has 0 aromatic carbocycles. The van der Waals surface area contributed by atoms with Crippen LogP contribution in [0.4, 0.5) is 0 Å². The lowest BCUT2D eigenvalue weighted by atomic mass is 10.2. The summed E-state index contributed by atoms with van der Waals surface area (Å²) in [7, 11) is 0. The first-order chi connectivity index (χ1) is 5.69. The SMILES string of the molecule is C=CC(=O)OC(C)(C)C.CC(C)C. The van der Waals surface area contributed by atoms with Gasteiger partial charge >= 0.3 is 5.97 Å². The van der Waals surface area contributed by atoms with Crippen LogP contribution >= 0.6 is 0 Å². The van der Waals surface area contributed by atoms with Gasteiger partial charge < -0.3 is 4.74 Å². The zero-order valence-electron chi connectivity index (χ0n) is 9.68. The molecular formula is C11H22O2. The lowest BCUT2D eigenvalue weighted by molar-refractivity contribution is -0.148. The number of carbonyl (C=O) groups is 1. The quantitative estimate of drug-likeness (QED) is 0.464. The summed E-state index contributed by atoms with van der Waals surface area (Å²) in [6.45, 7) is 15.2. The number of esters is 1. The first-order valence-electron chi connectivity index (χ1n) is 4.54. The van der Waals surface area contributed by atoms with Crippen LogP contribution in [0.15, 0.2) is 12.7 Å². The van der Waals surface area contributed by atoms with E-state index in [1.807, 2.05) is 20.8 Å². The summed E-state index contributed by atoms with van der Waals surface area (Å²) in [4.78, 5) is 10.5. The number of ether oxygens (including phenoxy) is 1. The minimum absolute atomic E-state index is 0.373. The van der Waals surface area contributed by atoms with Crippen LogP contribution < -0.4 is 0 Å². The Kier molecular flexibility index (Phi) is 7.58. The lowest BCUT2D eigenvalue weighted by Crippen LogP contribution is -2.22. The largest absolute Gasteiger partial charge is 0.457 e. The van der Waals surface area contributed by atoms with Gasteiger partial charge in [0.1, 0.15) is 5.60 Å². The molecule has 0 saturated carbocycles. The standard InChI is InChI=1S/C7H12O2.C4H10/c1-5-6(8)9-7(2,3)4;1-4(2)3/h5H,1H2,2-4H3;4H,1-3H3. The zero-order chi connectivity index (χ0) is 11.1. The third-order valence-electron chi connectivity index (χ3n) is 0.573. The van der Waals surface area contributed by atoms with E-state index >= 15 is 0 Å². The maximum Gasteiger partial charge on any atom is 0.330 e. The van der Waals surface area contributed by atoms with E-state index < -0.39 is 5.60 Å². The average Bonchev–Trinajstić information content (AvgIpc) is 1.82. The molecule has 0 unspecified atom stereocenters. The van der Waals surface area contributed by atoms with E-state index in [2.05, 4.69) is 27.4 Å². The molecule has 0 fully saturated rings. The van der Waals surface area contributed by atoms with Gasteiger partial charge in [-0.25, -0.2) is 4.79 Å². The molecule has 0 aromatic rings. The Morgan fingerprint density at radius 1 is 1.31 bits per heavy atom. The second kappa shape index (κ2) is 6.70.